The summed E-state index contributed by atoms with van der Waals surface area (Å²) in [6.07, 6.45) is 10.3. The van der Waals surface area contributed by atoms with E-state index in [0.29, 0.717) is 31.3 Å². The highest BCUT2D eigenvalue weighted by Crippen LogP contribution is 2.36. The molecular formula is C21H38O5. The number of aliphatic hydroxyl groups is 1. The number of aliphatic hydroxyl groups excluding tert-OH is 1. The third-order valence-corrected chi connectivity index (χ3v) is 5.33. The fourth-order valence-electron chi connectivity index (χ4n) is 3.83. The lowest BCUT2D eigenvalue weighted by atomic mass is 9.86. The number of Topliss-reactive ketones (excluding diaryl/α,β-unsaturated/α-hetero) is 1. The molecule has 1 rings (SSSR count). The van der Waals surface area contributed by atoms with Crippen molar-refractivity contribution >= 4 is 11.8 Å². The normalized spacial score (nSPS) is 21.1. The van der Waals surface area contributed by atoms with Crippen LogP contribution in [0.25, 0.3) is 0 Å². The van der Waals surface area contributed by atoms with Gasteiger partial charge in [0.2, 0.25) is 0 Å². The van der Waals surface area contributed by atoms with E-state index >= 15 is 0 Å². The van der Waals surface area contributed by atoms with Crippen molar-refractivity contribution in [3.05, 3.63) is 0 Å². The molecule has 0 radical (unpaired) electrons. The standard InChI is InChI=1S/C21H38O5/c1-3-5-6-9-18(22)13-11-17-12-14-20(23)19(17)10-7-8-15-25-16-21(24)26-4-2/h17-19,22H,3-16H2,1-2H3/t17-,18?,19+/m0/s1. The maximum Gasteiger partial charge on any atom is 0.332 e. The van der Waals surface area contributed by atoms with Crippen LogP contribution in [-0.4, -0.2) is 42.8 Å². The van der Waals surface area contributed by atoms with Crippen molar-refractivity contribution in [2.75, 3.05) is 19.8 Å². The third-order valence-electron chi connectivity index (χ3n) is 5.33. The molecule has 1 N–H and O–H groups in total. The molecule has 0 spiro atoms. The molecule has 1 aliphatic carbocycles. The summed E-state index contributed by atoms with van der Waals surface area (Å²) >= 11 is 0. The number of carbonyl (C=O) groups excluding carboxylic acids is 2. The lowest BCUT2D eigenvalue weighted by molar-refractivity contribution is -0.148. The largest absolute Gasteiger partial charge is 0.464 e. The Kier molecular flexibility index (Phi) is 12.6. The van der Waals surface area contributed by atoms with E-state index in [1.165, 1.54) is 12.8 Å². The molecule has 152 valence electrons. The Bertz CT molecular complexity index is 396. The van der Waals surface area contributed by atoms with Gasteiger partial charge in [-0.15, -0.1) is 0 Å². The highest BCUT2D eigenvalue weighted by atomic mass is 16.6. The molecule has 26 heavy (non-hydrogen) atoms. The van der Waals surface area contributed by atoms with E-state index in [2.05, 4.69) is 6.92 Å². The van der Waals surface area contributed by atoms with E-state index < -0.39 is 0 Å². The maximum atomic E-state index is 12.2. The number of ether oxygens (including phenoxy) is 2. The summed E-state index contributed by atoms with van der Waals surface area (Å²) in [6, 6.07) is 0. The van der Waals surface area contributed by atoms with E-state index in [1.807, 2.05) is 0 Å². The molecule has 0 aromatic carbocycles. The first-order valence-electron chi connectivity index (χ1n) is 10.5. The van der Waals surface area contributed by atoms with Crippen LogP contribution in [0.3, 0.4) is 0 Å². The summed E-state index contributed by atoms with van der Waals surface area (Å²) < 4.78 is 10.1. The molecule has 5 nitrogen and oxygen atoms in total. The van der Waals surface area contributed by atoms with Crippen LogP contribution < -0.4 is 0 Å². The van der Waals surface area contributed by atoms with E-state index in [1.54, 1.807) is 6.92 Å². The second kappa shape index (κ2) is 14.2. The van der Waals surface area contributed by atoms with Crippen LogP contribution in [0.5, 0.6) is 0 Å². The molecule has 1 fully saturated rings. The fraction of sp³-hybridized carbons (Fsp3) is 0.905. The van der Waals surface area contributed by atoms with E-state index in [9.17, 15) is 14.7 Å². The minimum atomic E-state index is -0.323. The fourth-order valence-corrected chi connectivity index (χ4v) is 3.83. The topological polar surface area (TPSA) is 72.8 Å². The van der Waals surface area contributed by atoms with Crippen LogP contribution in [0, 0.1) is 11.8 Å². The maximum absolute atomic E-state index is 12.2. The van der Waals surface area contributed by atoms with Crippen LogP contribution in [-0.2, 0) is 19.1 Å². The molecule has 0 aliphatic heterocycles. The average molecular weight is 371 g/mol. The van der Waals surface area contributed by atoms with Gasteiger partial charge in [0.1, 0.15) is 12.4 Å². The number of carbonyl (C=O) groups is 2. The number of unbranched alkanes of at least 4 members (excludes halogenated alkanes) is 3. The average Bonchev–Trinajstić information content (AvgIpc) is 2.96. The molecule has 0 aromatic heterocycles. The van der Waals surface area contributed by atoms with Gasteiger partial charge in [0.25, 0.3) is 0 Å². The van der Waals surface area contributed by atoms with E-state index in [0.717, 1.165) is 51.4 Å². The van der Waals surface area contributed by atoms with Gasteiger partial charge < -0.3 is 14.6 Å². The van der Waals surface area contributed by atoms with Crippen molar-refractivity contribution in [1.29, 1.82) is 0 Å². The number of hydrogen-bond acceptors (Lipinski definition) is 5. The first-order chi connectivity index (χ1) is 12.6. The highest BCUT2D eigenvalue weighted by Gasteiger charge is 2.33. The summed E-state index contributed by atoms with van der Waals surface area (Å²) in [4.78, 5) is 23.3. The Morgan fingerprint density at radius 3 is 2.69 bits per heavy atom. The Hall–Kier alpha value is -0.940. The number of rotatable bonds is 15. The molecular weight excluding hydrogens is 332 g/mol. The second-order valence-corrected chi connectivity index (χ2v) is 7.45. The van der Waals surface area contributed by atoms with Crippen molar-refractivity contribution in [3.8, 4) is 0 Å². The molecule has 1 unspecified atom stereocenters. The molecule has 1 saturated carbocycles. The van der Waals surface area contributed by atoms with Crippen LogP contribution in [0.4, 0.5) is 0 Å². The Morgan fingerprint density at radius 2 is 1.96 bits per heavy atom. The number of hydrogen-bond donors (Lipinski definition) is 1. The Balaban J connectivity index is 2.16. The zero-order chi connectivity index (χ0) is 19.2. The molecule has 1 aliphatic rings. The van der Waals surface area contributed by atoms with Crippen molar-refractivity contribution in [3.63, 3.8) is 0 Å². The molecule has 3 atom stereocenters. The predicted octanol–water partition coefficient (Wildman–Crippen LogP) is 4.05. The second-order valence-electron chi connectivity index (χ2n) is 7.45. The first kappa shape index (κ1) is 23.1. The summed E-state index contributed by atoms with van der Waals surface area (Å²) in [5.74, 6) is 0.658. The van der Waals surface area contributed by atoms with Crippen molar-refractivity contribution in [2.24, 2.45) is 11.8 Å². The highest BCUT2D eigenvalue weighted by molar-refractivity contribution is 5.83. The zero-order valence-electron chi connectivity index (χ0n) is 16.7. The molecule has 5 heteroatoms. The van der Waals surface area contributed by atoms with Crippen molar-refractivity contribution in [1.82, 2.24) is 0 Å². The van der Waals surface area contributed by atoms with Crippen LogP contribution in [0.2, 0.25) is 0 Å². The smallest absolute Gasteiger partial charge is 0.332 e. The van der Waals surface area contributed by atoms with Gasteiger partial charge >= 0.3 is 5.97 Å². The minimum absolute atomic E-state index is 0.00867. The zero-order valence-corrected chi connectivity index (χ0v) is 16.7. The van der Waals surface area contributed by atoms with Gasteiger partial charge in [0, 0.05) is 18.9 Å². The van der Waals surface area contributed by atoms with Gasteiger partial charge in [-0.2, -0.15) is 0 Å². The summed E-state index contributed by atoms with van der Waals surface area (Å²) in [5, 5.41) is 10.1. The van der Waals surface area contributed by atoms with Gasteiger partial charge in [-0.1, -0.05) is 32.6 Å². The lowest BCUT2D eigenvalue weighted by Gasteiger charge is -2.20. The third kappa shape index (κ3) is 9.67. The van der Waals surface area contributed by atoms with Crippen molar-refractivity contribution in [2.45, 2.75) is 90.6 Å². The van der Waals surface area contributed by atoms with Crippen LogP contribution in [0.1, 0.15) is 84.5 Å². The SMILES string of the molecule is CCCCCC(O)CC[C@H]1CCC(=O)[C@@H]1CCCCOCC(=O)OCC. The van der Waals surface area contributed by atoms with Gasteiger partial charge in [-0.25, -0.2) is 4.79 Å². The summed E-state index contributed by atoms with van der Waals surface area (Å²) in [7, 11) is 0. The number of ketones is 1. The van der Waals surface area contributed by atoms with Gasteiger partial charge in [-0.05, 0) is 51.4 Å². The van der Waals surface area contributed by atoms with Crippen LogP contribution >= 0.6 is 0 Å². The quantitative estimate of drug-likeness (QED) is 0.348. The van der Waals surface area contributed by atoms with E-state index in [-0.39, 0.29) is 24.6 Å². The van der Waals surface area contributed by atoms with Gasteiger partial charge in [0.05, 0.1) is 12.7 Å². The summed E-state index contributed by atoms with van der Waals surface area (Å²) in [5.41, 5.74) is 0. The molecule has 0 heterocycles. The molecule has 0 amide bonds. The Labute approximate surface area is 158 Å². The van der Waals surface area contributed by atoms with Crippen molar-refractivity contribution < 1.29 is 24.2 Å². The molecule has 0 bridgehead atoms. The number of esters is 1. The van der Waals surface area contributed by atoms with Gasteiger partial charge in [-0.3, -0.25) is 4.79 Å². The molecule has 0 saturated heterocycles. The van der Waals surface area contributed by atoms with Crippen LogP contribution in [0.15, 0.2) is 0 Å². The Morgan fingerprint density at radius 1 is 1.15 bits per heavy atom. The van der Waals surface area contributed by atoms with Gasteiger partial charge in [0.15, 0.2) is 0 Å². The lowest BCUT2D eigenvalue weighted by Crippen LogP contribution is -2.18. The first-order valence-corrected chi connectivity index (χ1v) is 10.5. The molecule has 0 aromatic rings. The monoisotopic (exact) mass is 370 g/mol. The minimum Gasteiger partial charge on any atom is -0.464 e. The predicted molar refractivity (Wildman–Crippen MR) is 102 cm³/mol. The van der Waals surface area contributed by atoms with E-state index in [4.69, 9.17) is 9.47 Å². The summed E-state index contributed by atoms with van der Waals surface area (Å²) in [6.45, 7) is 4.86.